The molecule has 0 aliphatic rings. The van der Waals surface area contributed by atoms with Crippen LogP contribution in [0.4, 0.5) is 16.5 Å². The summed E-state index contributed by atoms with van der Waals surface area (Å²) in [6.07, 6.45) is 1.52. The van der Waals surface area contributed by atoms with Gasteiger partial charge in [0.05, 0.1) is 16.4 Å². The normalized spacial score (nSPS) is 10.9. The Kier molecular flexibility index (Phi) is 9.83. The van der Waals surface area contributed by atoms with Gasteiger partial charge < -0.3 is 15.4 Å². The maximum atomic E-state index is 12.6. The van der Waals surface area contributed by atoms with Crippen molar-refractivity contribution in [1.82, 2.24) is 10.4 Å². The fraction of sp³-hybridized carbons (Fsp3) is 0.0625. The van der Waals surface area contributed by atoms with E-state index in [0.717, 1.165) is 33.2 Å². The van der Waals surface area contributed by atoms with Gasteiger partial charge in [0.15, 0.2) is 11.7 Å². The van der Waals surface area contributed by atoms with Crippen LogP contribution < -0.4 is 20.8 Å². The van der Waals surface area contributed by atoms with Gasteiger partial charge in [-0.25, -0.2) is 10.4 Å². The average molecular weight is 675 g/mol. The summed E-state index contributed by atoms with van der Waals surface area (Å²) in [4.78, 5) is 29.5. The van der Waals surface area contributed by atoms with Crippen LogP contribution in [-0.2, 0) is 4.79 Å². The van der Waals surface area contributed by atoms with Crippen molar-refractivity contribution < 1.29 is 14.3 Å². The second-order valence-corrected chi connectivity index (χ2v) is 11.5. The number of amides is 2. The number of hydrogen-bond acceptors (Lipinski definition) is 7. The van der Waals surface area contributed by atoms with Crippen LogP contribution in [0.15, 0.2) is 106 Å². The smallest absolute Gasteiger partial charge is 0.271 e. The molecule has 0 aliphatic carbocycles. The third-order valence-corrected chi connectivity index (χ3v) is 7.67. The quantitative estimate of drug-likeness (QED) is 0.103. The molecule has 216 valence electrons. The van der Waals surface area contributed by atoms with Gasteiger partial charge in [0.2, 0.25) is 0 Å². The van der Waals surface area contributed by atoms with Crippen LogP contribution in [0.3, 0.4) is 0 Å². The number of benzene rings is 4. The Morgan fingerprint density at radius 1 is 1.00 bits per heavy atom. The molecule has 2 amide bonds. The van der Waals surface area contributed by atoms with Gasteiger partial charge in [0.25, 0.3) is 11.8 Å². The number of anilines is 3. The topological polar surface area (TPSA) is 105 Å². The number of thiazole rings is 1. The Morgan fingerprint density at radius 2 is 1.79 bits per heavy atom. The summed E-state index contributed by atoms with van der Waals surface area (Å²) in [6.45, 7) is 1.82. The second kappa shape index (κ2) is 14.1. The lowest BCUT2D eigenvalue weighted by molar-refractivity contribution is -0.118. The van der Waals surface area contributed by atoms with Crippen LogP contribution in [0.1, 0.15) is 21.5 Å². The van der Waals surface area contributed by atoms with E-state index in [9.17, 15) is 9.59 Å². The lowest BCUT2D eigenvalue weighted by Gasteiger charge is -2.10. The zero-order chi connectivity index (χ0) is 30.2. The molecule has 0 bridgehead atoms. The minimum atomic E-state index is -0.343. The van der Waals surface area contributed by atoms with Crippen molar-refractivity contribution in [2.45, 2.75) is 6.92 Å². The molecule has 0 fully saturated rings. The molecule has 0 atom stereocenters. The molecule has 3 N–H and O–H groups in total. The Labute approximate surface area is 265 Å². The number of halogens is 2. The number of nitrogens with one attached hydrogen (secondary N) is 3. The van der Waals surface area contributed by atoms with E-state index in [0.29, 0.717) is 26.5 Å². The molecule has 1 aromatic heterocycles. The van der Waals surface area contributed by atoms with E-state index in [1.807, 2.05) is 73.0 Å². The van der Waals surface area contributed by atoms with Crippen molar-refractivity contribution in [2.24, 2.45) is 5.10 Å². The lowest BCUT2D eigenvalue weighted by Crippen LogP contribution is -2.20. The van der Waals surface area contributed by atoms with E-state index in [2.05, 4.69) is 42.1 Å². The van der Waals surface area contributed by atoms with Gasteiger partial charge in [-0.15, -0.1) is 11.3 Å². The van der Waals surface area contributed by atoms with Crippen LogP contribution in [0.25, 0.3) is 11.3 Å². The molecule has 0 saturated carbocycles. The number of hydrazone groups is 1. The van der Waals surface area contributed by atoms with Crippen molar-refractivity contribution in [3.63, 3.8) is 0 Å². The van der Waals surface area contributed by atoms with Crippen molar-refractivity contribution in [3.05, 3.63) is 123 Å². The van der Waals surface area contributed by atoms with E-state index >= 15 is 0 Å². The van der Waals surface area contributed by atoms with Crippen molar-refractivity contribution in [1.29, 1.82) is 0 Å². The van der Waals surface area contributed by atoms with Crippen molar-refractivity contribution in [3.8, 4) is 17.0 Å². The van der Waals surface area contributed by atoms with Gasteiger partial charge >= 0.3 is 0 Å². The van der Waals surface area contributed by atoms with Gasteiger partial charge in [-0.05, 0) is 101 Å². The number of aromatic nitrogens is 1. The molecule has 0 unspecified atom stereocenters. The van der Waals surface area contributed by atoms with Crippen LogP contribution >= 0.6 is 38.9 Å². The highest BCUT2D eigenvalue weighted by molar-refractivity contribution is 9.10. The van der Waals surface area contributed by atoms with Crippen LogP contribution in [0, 0.1) is 6.92 Å². The minimum absolute atomic E-state index is 0.140. The molecular weight excluding hydrogens is 650 g/mol. The Hall–Kier alpha value is -4.51. The summed E-state index contributed by atoms with van der Waals surface area (Å²) in [5.74, 6) is -0.0974. The van der Waals surface area contributed by atoms with Crippen molar-refractivity contribution in [2.75, 3.05) is 17.2 Å². The van der Waals surface area contributed by atoms with Crippen molar-refractivity contribution >= 4 is 73.4 Å². The summed E-state index contributed by atoms with van der Waals surface area (Å²) >= 11 is 10.9. The fourth-order valence-corrected chi connectivity index (χ4v) is 5.30. The molecule has 11 heteroatoms. The zero-order valence-electron chi connectivity index (χ0n) is 22.8. The first-order valence-electron chi connectivity index (χ1n) is 13.0. The zero-order valence-corrected chi connectivity index (χ0v) is 26.0. The van der Waals surface area contributed by atoms with Gasteiger partial charge in [-0.1, -0.05) is 35.9 Å². The number of carbonyl (C=O) groups excluding carboxylic acids is 2. The molecular formula is C32H25BrClN5O3S. The largest absolute Gasteiger partial charge is 0.483 e. The molecule has 0 saturated heterocycles. The number of ether oxygens (including phenoxy) is 1. The Morgan fingerprint density at radius 3 is 2.53 bits per heavy atom. The summed E-state index contributed by atoms with van der Waals surface area (Å²) < 4.78 is 6.29. The fourth-order valence-electron chi connectivity index (χ4n) is 3.92. The third kappa shape index (κ3) is 8.51. The number of rotatable bonds is 10. The third-order valence-electron chi connectivity index (χ3n) is 6.04. The number of nitrogens with zero attached hydrogens (tertiary/aromatic N) is 2. The summed E-state index contributed by atoms with van der Waals surface area (Å²) in [5.41, 5.74) is 8.09. The van der Waals surface area contributed by atoms with Gasteiger partial charge in [0.1, 0.15) is 5.75 Å². The van der Waals surface area contributed by atoms with Crippen LogP contribution in [0.5, 0.6) is 5.75 Å². The van der Waals surface area contributed by atoms with Gasteiger partial charge in [-0.2, -0.15) is 5.10 Å². The number of aryl methyl sites for hydroxylation is 1. The molecule has 0 spiro atoms. The summed E-state index contributed by atoms with van der Waals surface area (Å²) in [7, 11) is 0. The van der Waals surface area contributed by atoms with Gasteiger partial charge in [-0.3, -0.25) is 9.59 Å². The molecule has 4 aromatic carbocycles. The first-order chi connectivity index (χ1) is 20.8. The second-order valence-electron chi connectivity index (χ2n) is 9.34. The molecule has 43 heavy (non-hydrogen) atoms. The average Bonchev–Trinajstić information content (AvgIpc) is 3.46. The summed E-state index contributed by atoms with van der Waals surface area (Å²) in [6, 6.07) is 27.4. The standard InChI is InChI=1S/C32H25BrClN5O3S/c1-20-3-2-4-26(15-20)36-30(40)18-42-29-14-5-21(16-27(29)33)17-35-39-31(41)23-8-6-22(7-9-23)28-19-43-32(38-28)37-25-12-10-24(34)11-13-25/h2-17,19H,18H2,1H3,(H,36,40)(H,37,38)(H,39,41)/b35-17-. The predicted molar refractivity (Wildman–Crippen MR) is 177 cm³/mol. The molecule has 5 aromatic rings. The first kappa shape index (κ1) is 30.0. The van der Waals surface area contributed by atoms with E-state index < -0.39 is 0 Å². The molecule has 8 nitrogen and oxygen atoms in total. The number of carbonyl (C=O) groups is 2. The Bertz CT molecular complexity index is 1780. The van der Waals surface area contributed by atoms with Gasteiger partial charge in [0, 0.05) is 32.9 Å². The van der Waals surface area contributed by atoms with E-state index in [4.69, 9.17) is 16.3 Å². The first-order valence-corrected chi connectivity index (χ1v) is 15.1. The molecule has 0 aliphatic heterocycles. The highest BCUT2D eigenvalue weighted by atomic mass is 79.9. The van der Waals surface area contributed by atoms with E-state index in [1.165, 1.54) is 17.6 Å². The maximum Gasteiger partial charge on any atom is 0.271 e. The van der Waals surface area contributed by atoms with Crippen LogP contribution in [0.2, 0.25) is 5.02 Å². The minimum Gasteiger partial charge on any atom is -0.483 e. The molecule has 1 heterocycles. The molecule has 5 rings (SSSR count). The monoisotopic (exact) mass is 673 g/mol. The predicted octanol–water partition coefficient (Wildman–Crippen LogP) is 8.06. The lowest BCUT2D eigenvalue weighted by atomic mass is 10.1. The van der Waals surface area contributed by atoms with Crippen LogP contribution in [-0.4, -0.2) is 29.6 Å². The summed E-state index contributed by atoms with van der Waals surface area (Å²) in [5, 5.41) is 13.5. The number of hydrogen-bond donors (Lipinski definition) is 3. The maximum absolute atomic E-state index is 12.6. The Balaban J connectivity index is 1.11. The van der Waals surface area contributed by atoms with E-state index in [-0.39, 0.29) is 18.4 Å². The highest BCUT2D eigenvalue weighted by Gasteiger charge is 2.10. The molecule has 0 radical (unpaired) electrons. The van der Waals surface area contributed by atoms with E-state index in [1.54, 1.807) is 30.3 Å². The highest BCUT2D eigenvalue weighted by Crippen LogP contribution is 2.28. The SMILES string of the molecule is Cc1cccc(NC(=O)COc2ccc(/C=N\NC(=O)c3ccc(-c4csc(Nc5ccc(Cl)cc5)n4)cc3)cc2Br)c1.